The molecule has 0 aliphatic heterocycles. The Morgan fingerprint density at radius 3 is 2.45 bits per heavy atom. The predicted octanol–water partition coefficient (Wildman–Crippen LogP) is 6.78. The SMILES string of the molecule is CC.Cc1cc2c(cc1C(C)C)CCC1C(C)CCCC21C. The van der Waals surface area contributed by atoms with Crippen molar-refractivity contribution in [2.75, 3.05) is 0 Å². The van der Waals surface area contributed by atoms with Crippen LogP contribution in [0, 0.1) is 18.8 Å². The van der Waals surface area contributed by atoms with Gasteiger partial charge >= 0.3 is 0 Å². The van der Waals surface area contributed by atoms with Crippen LogP contribution in [0.2, 0.25) is 0 Å². The van der Waals surface area contributed by atoms with E-state index in [0.717, 1.165) is 11.8 Å². The molecule has 0 amide bonds. The van der Waals surface area contributed by atoms with E-state index >= 15 is 0 Å². The number of fused-ring (bicyclic) bond motifs is 3. The van der Waals surface area contributed by atoms with Gasteiger partial charge in [-0.25, -0.2) is 0 Å². The molecule has 0 bridgehead atoms. The van der Waals surface area contributed by atoms with Crippen molar-refractivity contribution in [3.8, 4) is 0 Å². The van der Waals surface area contributed by atoms with Gasteiger partial charge in [0.05, 0.1) is 0 Å². The van der Waals surface area contributed by atoms with E-state index in [-0.39, 0.29) is 0 Å². The molecule has 22 heavy (non-hydrogen) atoms. The molecule has 1 saturated carbocycles. The van der Waals surface area contributed by atoms with Crippen LogP contribution in [0.15, 0.2) is 12.1 Å². The molecule has 3 rings (SSSR count). The van der Waals surface area contributed by atoms with Gasteiger partial charge in [0.1, 0.15) is 0 Å². The van der Waals surface area contributed by atoms with Crippen molar-refractivity contribution in [1.82, 2.24) is 0 Å². The Balaban J connectivity index is 0.000000847. The summed E-state index contributed by atoms with van der Waals surface area (Å²) in [4.78, 5) is 0. The first-order valence-electron chi connectivity index (χ1n) is 9.57. The lowest BCUT2D eigenvalue weighted by molar-refractivity contribution is 0.117. The second-order valence-electron chi connectivity index (χ2n) is 7.95. The molecule has 0 radical (unpaired) electrons. The monoisotopic (exact) mass is 300 g/mol. The summed E-state index contributed by atoms with van der Waals surface area (Å²) in [6.45, 7) is 16.0. The Morgan fingerprint density at radius 1 is 1.14 bits per heavy atom. The summed E-state index contributed by atoms with van der Waals surface area (Å²) in [5, 5.41) is 0. The number of aryl methyl sites for hydroxylation is 2. The fourth-order valence-corrected chi connectivity index (χ4v) is 5.19. The molecular formula is C22H36. The molecule has 0 spiro atoms. The Morgan fingerprint density at radius 2 is 1.82 bits per heavy atom. The van der Waals surface area contributed by atoms with E-state index in [1.165, 1.54) is 37.7 Å². The van der Waals surface area contributed by atoms with Crippen LogP contribution in [-0.2, 0) is 11.8 Å². The largest absolute Gasteiger partial charge is 0.0683 e. The average Bonchev–Trinajstić information content (AvgIpc) is 2.49. The van der Waals surface area contributed by atoms with Crippen molar-refractivity contribution in [3.05, 3.63) is 34.4 Å². The molecule has 0 heterocycles. The quantitative estimate of drug-likeness (QED) is 0.536. The summed E-state index contributed by atoms with van der Waals surface area (Å²) >= 11 is 0. The van der Waals surface area contributed by atoms with Crippen LogP contribution < -0.4 is 0 Å². The first-order valence-corrected chi connectivity index (χ1v) is 9.57. The van der Waals surface area contributed by atoms with E-state index < -0.39 is 0 Å². The highest BCUT2D eigenvalue weighted by Crippen LogP contribution is 2.52. The minimum Gasteiger partial charge on any atom is -0.0683 e. The van der Waals surface area contributed by atoms with Crippen molar-refractivity contribution in [1.29, 1.82) is 0 Å². The van der Waals surface area contributed by atoms with Crippen LogP contribution in [0.5, 0.6) is 0 Å². The summed E-state index contributed by atoms with van der Waals surface area (Å²) in [6.07, 6.45) is 6.97. The van der Waals surface area contributed by atoms with E-state index in [4.69, 9.17) is 0 Å². The fourth-order valence-electron chi connectivity index (χ4n) is 5.19. The molecule has 3 unspecified atom stereocenters. The molecule has 1 aromatic rings. The lowest BCUT2D eigenvalue weighted by atomic mass is 9.55. The lowest BCUT2D eigenvalue weighted by Gasteiger charge is -2.50. The second-order valence-corrected chi connectivity index (χ2v) is 7.95. The van der Waals surface area contributed by atoms with Gasteiger partial charge in [-0.3, -0.25) is 0 Å². The van der Waals surface area contributed by atoms with Gasteiger partial charge in [0, 0.05) is 0 Å². The normalized spacial score (nSPS) is 30.2. The summed E-state index contributed by atoms with van der Waals surface area (Å²) in [6, 6.07) is 5.09. The van der Waals surface area contributed by atoms with Crippen molar-refractivity contribution in [3.63, 3.8) is 0 Å². The van der Waals surface area contributed by atoms with Crippen LogP contribution in [0.1, 0.15) is 95.4 Å². The van der Waals surface area contributed by atoms with Gasteiger partial charge in [0.2, 0.25) is 0 Å². The molecule has 0 nitrogen and oxygen atoms in total. The third kappa shape index (κ3) is 2.86. The Bertz CT molecular complexity index is 511. The molecule has 1 aromatic carbocycles. The van der Waals surface area contributed by atoms with E-state index in [1.54, 1.807) is 16.7 Å². The van der Waals surface area contributed by atoms with Crippen molar-refractivity contribution in [2.24, 2.45) is 11.8 Å². The molecule has 0 saturated heterocycles. The maximum atomic E-state index is 2.56. The Kier molecular flexibility index (Phi) is 5.41. The highest BCUT2D eigenvalue weighted by Gasteiger charge is 2.44. The first-order chi connectivity index (χ1) is 10.4. The zero-order chi connectivity index (χ0) is 16.5. The minimum absolute atomic E-state index is 0.450. The molecule has 0 heteroatoms. The Hall–Kier alpha value is -0.780. The fraction of sp³-hybridized carbons (Fsp3) is 0.727. The lowest BCUT2D eigenvalue weighted by Crippen LogP contribution is -2.43. The number of benzene rings is 1. The number of hydrogen-bond acceptors (Lipinski definition) is 0. The van der Waals surface area contributed by atoms with E-state index in [0.29, 0.717) is 11.3 Å². The van der Waals surface area contributed by atoms with Crippen LogP contribution in [0.25, 0.3) is 0 Å². The van der Waals surface area contributed by atoms with Crippen LogP contribution in [0.3, 0.4) is 0 Å². The molecule has 1 fully saturated rings. The predicted molar refractivity (Wildman–Crippen MR) is 98.8 cm³/mol. The Labute approximate surface area is 138 Å². The summed E-state index contributed by atoms with van der Waals surface area (Å²) in [5.41, 5.74) is 6.88. The molecule has 2 aliphatic rings. The maximum absolute atomic E-state index is 2.56. The summed E-state index contributed by atoms with van der Waals surface area (Å²) < 4.78 is 0. The van der Waals surface area contributed by atoms with Gasteiger partial charge in [0.25, 0.3) is 0 Å². The number of rotatable bonds is 1. The van der Waals surface area contributed by atoms with E-state index in [2.05, 4.69) is 46.8 Å². The molecule has 3 atom stereocenters. The third-order valence-electron chi connectivity index (χ3n) is 6.31. The van der Waals surface area contributed by atoms with Gasteiger partial charge in [0.15, 0.2) is 0 Å². The third-order valence-corrected chi connectivity index (χ3v) is 6.31. The highest BCUT2D eigenvalue weighted by atomic mass is 14.5. The van der Waals surface area contributed by atoms with Crippen LogP contribution >= 0.6 is 0 Å². The van der Waals surface area contributed by atoms with Gasteiger partial charge in [-0.2, -0.15) is 0 Å². The van der Waals surface area contributed by atoms with Crippen molar-refractivity contribution >= 4 is 0 Å². The molecule has 0 N–H and O–H groups in total. The van der Waals surface area contributed by atoms with Gasteiger partial charge in [-0.15, -0.1) is 0 Å². The van der Waals surface area contributed by atoms with Crippen LogP contribution in [0.4, 0.5) is 0 Å². The zero-order valence-electron chi connectivity index (χ0n) is 15.9. The van der Waals surface area contributed by atoms with Crippen LogP contribution in [-0.4, -0.2) is 0 Å². The van der Waals surface area contributed by atoms with Crippen molar-refractivity contribution < 1.29 is 0 Å². The topological polar surface area (TPSA) is 0 Å². The smallest absolute Gasteiger partial charge is 0.00416 e. The standard InChI is InChI=1S/C20H30.C2H6/c1-13(2)17-12-16-8-9-18-14(3)7-6-10-20(18,5)19(16)11-15(17)4;1-2/h11-14,18H,6-10H2,1-5H3;1-2H3. The number of hydrogen-bond donors (Lipinski definition) is 0. The summed E-state index contributed by atoms with van der Waals surface area (Å²) in [5.74, 6) is 2.47. The van der Waals surface area contributed by atoms with Crippen molar-refractivity contribution in [2.45, 2.75) is 91.9 Å². The van der Waals surface area contributed by atoms with E-state index in [1.807, 2.05) is 13.8 Å². The highest BCUT2D eigenvalue weighted by molar-refractivity contribution is 5.45. The molecule has 0 aromatic heterocycles. The second kappa shape index (κ2) is 6.77. The zero-order valence-corrected chi connectivity index (χ0v) is 15.9. The minimum atomic E-state index is 0.450. The first kappa shape index (κ1) is 17.6. The molecular weight excluding hydrogens is 264 g/mol. The summed E-state index contributed by atoms with van der Waals surface area (Å²) in [7, 11) is 0. The van der Waals surface area contributed by atoms with Gasteiger partial charge < -0.3 is 0 Å². The molecule has 2 aliphatic carbocycles. The maximum Gasteiger partial charge on any atom is -0.00416 e. The molecule has 124 valence electrons. The van der Waals surface area contributed by atoms with Gasteiger partial charge in [-0.1, -0.05) is 66.5 Å². The van der Waals surface area contributed by atoms with E-state index in [9.17, 15) is 0 Å². The van der Waals surface area contributed by atoms with Gasteiger partial charge in [-0.05, 0) is 71.6 Å². The average molecular weight is 301 g/mol.